The molecule has 0 atom stereocenters. The van der Waals surface area contributed by atoms with E-state index in [1.54, 1.807) is 26.4 Å². The number of methoxy groups -OCH3 is 2. The van der Waals surface area contributed by atoms with Gasteiger partial charge in [-0.25, -0.2) is 12.8 Å². The first kappa shape index (κ1) is 30.4. The Balaban J connectivity index is 0.000000877. The predicted molar refractivity (Wildman–Crippen MR) is 146 cm³/mol. The minimum Gasteiger partial charge on any atom is -0.497 e. The van der Waals surface area contributed by atoms with Gasteiger partial charge in [0.2, 0.25) is 9.05 Å². The van der Waals surface area contributed by atoms with Crippen LogP contribution in [0.1, 0.15) is 31.9 Å². The van der Waals surface area contributed by atoms with E-state index >= 15 is 0 Å². The van der Waals surface area contributed by atoms with Crippen molar-refractivity contribution in [3.8, 4) is 28.4 Å². The average molecular weight is 553 g/mol. The van der Waals surface area contributed by atoms with Gasteiger partial charge in [-0.2, -0.15) is 0 Å². The quantitative estimate of drug-likeness (QED) is 0.271. The SMILES string of the molecule is COc1ccc(COc2ccc(-c3cc(OC)ccc3F)c(COCC(C)(C)C)c2)cc1.CS(=O)(=O)Cl. The first-order chi connectivity index (χ1) is 17.3. The molecule has 0 fully saturated rings. The van der Waals surface area contributed by atoms with Crippen LogP contribution in [0.3, 0.4) is 0 Å². The average Bonchev–Trinajstić information content (AvgIpc) is 2.82. The number of ether oxygens (including phenoxy) is 4. The van der Waals surface area contributed by atoms with Crippen LogP contribution in [-0.4, -0.2) is 35.5 Å². The lowest BCUT2D eigenvalue weighted by Crippen LogP contribution is -2.14. The topological polar surface area (TPSA) is 71.1 Å². The molecule has 3 rings (SSSR count). The lowest BCUT2D eigenvalue weighted by Gasteiger charge is -2.20. The molecule has 202 valence electrons. The lowest BCUT2D eigenvalue weighted by molar-refractivity contribution is 0.0600. The van der Waals surface area contributed by atoms with E-state index in [0.717, 1.165) is 28.7 Å². The van der Waals surface area contributed by atoms with Gasteiger partial charge in [-0.15, -0.1) is 0 Å². The van der Waals surface area contributed by atoms with Crippen LogP contribution in [0.5, 0.6) is 17.2 Å². The van der Waals surface area contributed by atoms with Crippen molar-refractivity contribution in [1.29, 1.82) is 0 Å². The van der Waals surface area contributed by atoms with Gasteiger partial charge in [-0.05, 0) is 64.6 Å². The van der Waals surface area contributed by atoms with E-state index in [-0.39, 0.29) is 11.2 Å². The zero-order valence-electron chi connectivity index (χ0n) is 22.0. The third-order valence-corrected chi connectivity index (χ3v) is 4.90. The molecule has 0 N–H and O–H groups in total. The highest BCUT2D eigenvalue weighted by Crippen LogP contribution is 2.33. The van der Waals surface area contributed by atoms with Crippen molar-refractivity contribution in [3.63, 3.8) is 0 Å². The van der Waals surface area contributed by atoms with E-state index in [2.05, 4.69) is 31.5 Å². The second kappa shape index (κ2) is 13.7. The Labute approximate surface area is 223 Å². The van der Waals surface area contributed by atoms with E-state index < -0.39 is 9.05 Å². The van der Waals surface area contributed by atoms with Gasteiger partial charge in [-0.1, -0.05) is 39.0 Å². The van der Waals surface area contributed by atoms with Crippen molar-refractivity contribution in [2.45, 2.75) is 34.0 Å². The largest absolute Gasteiger partial charge is 0.497 e. The maximum Gasteiger partial charge on any atom is 0.229 e. The first-order valence-corrected chi connectivity index (χ1v) is 14.2. The monoisotopic (exact) mass is 552 g/mol. The standard InChI is InChI=1S/C27H31FO4.CH3ClO2S/c1-27(2,3)18-31-17-20-14-23(32-16-19-6-8-21(29-4)9-7-19)10-12-24(20)25-15-22(30-5)11-13-26(25)28;1-5(2,3)4/h6-15H,16-18H2,1-5H3;1H3. The Morgan fingerprint density at radius 1 is 0.811 bits per heavy atom. The summed E-state index contributed by atoms with van der Waals surface area (Å²) < 4.78 is 55.9. The molecule has 0 aliphatic heterocycles. The molecular formula is C28H34ClFO6S. The molecule has 0 spiro atoms. The summed E-state index contributed by atoms with van der Waals surface area (Å²) in [6.07, 6.45) is 0.925. The van der Waals surface area contributed by atoms with Crippen molar-refractivity contribution in [2.24, 2.45) is 5.41 Å². The van der Waals surface area contributed by atoms with Gasteiger partial charge in [-0.3, -0.25) is 0 Å². The third-order valence-electron chi connectivity index (χ3n) is 4.90. The molecule has 3 aromatic carbocycles. The van der Waals surface area contributed by atoms with Gasteiger partial charge in [0.15, 0.2) is 0 Å². The number of rotatable bonds is 9. The first-order valence-electron chi connectivity index (χ1n) is 11.5. The van der Waals surface area contributed by atoms with E-state index in [9.17, 15) is 12.8 Å². The summed E-state index contributed by atoms with van der Waals surface area (Å²) in [5, 5.41) is 0. The molecule has 0 aromatic heterocycles. The van der Waals surface area contributed by atoms with Crippen LogP contribution in [-0.2, 0) is 27.0 Å². The highest BCUT2D eigenvalue weighted by molar-refractivity contribution is 8.13. The lowest BCUT2D eigenvalue weighted by atomic mass is 9.97. The number of benzene rings is 3. The van der Waals surface area contributed by atoms with Crippen LogP contribution in [0.4, 0.5) is 4.39 Å². The Hall–Kier alpha value is -2.81. The molecule has 0 aliphatic rings. The summed E-state index contributed by atoms with van der Waals surface area (Å²) in [6.45, 7) is 7.70. The molecule has 0 radical (unpaired) electrons. The molecule has 0 bridgehead atoms. The van der Waals surface area contributed by atoms with Gasteiger partial charge in [0.1, 0.15) is 29.7 Å². The summed E-state index contributed by atoms with van der Waals surface area (Å²) >= 11 is 0. The zero-order chi connectivity index (χ0) is 27.6. The fraction of sp³-hybridized carbons (Fsp3) is 0.357. The van der Waals surface area contributed by atoms with E-state index in [4.69, 9.17) is 18.9 Å². The van der Waals surface area contributed by atoms with Crippen LogP contribution >= 0.6 is 10.7 Å². The fourth-order valence-corrected chi connectivity index (χ4v) is 3.24. The van der Waals surface area contributed by atoms with Crippen molar-refractivity contribution >= 4 is 19.7 Å². The van der Waals surface area contributed by atoms with Crippen LogP contribution in [0.25, 0.3) is 11.1 Å². The summed E-state index contributed by atoms with van der Waals surface area (Å²) in [7, 11) is 4.52. The van der Waals surface area contributed by atoms with E-state index in [1.165, 1.54) is 6.07 Å². The summed E-state index contributed by atoms with van der Waals surface area (Å²) in [5.74, 6) is 1.79. The van der Waals surface area contributed by atoms with E-state index in [1.807, 2.05) is 42.5 Å². The van der Waals surface area contributed by atoms with Crippen LogP contribution in [0.2, 0.25) is 0 Å². The Morgan fingerprint density at radius 3 is 1.95 bits per heavy atom. The minimum absolute atomic E-state index is 0.0316. The molecule has 0 heterocycles. The highest BCUT2D eigenvalue weighted by atomic mass is 35.7. The normalized spacial score (nSPS) is 11.4. The van der Waals surface area contributed by atoms with Gasteiger partial charge < -0.3 is 18.9 Å². The Morgan fingerprint density at radius 2 is 1.38 bits per heavy atom. The molecule has 0 saturated heterocycles. The maximum absolute atomic E-state index is 14.7. The number of halogens is 2. The molecular weight excluding hydrogens is 519 g/mol. The molecule has 9 heteroatoms. The number of hydrogen-bond donors (Lipinski definition) is 0. The highest BCUT2D eigenvalue weighted by Gasteiger charge is 2.15. The maximum atomic E-state index is 14.7. The molecule has 37 heavy (non-hydrogen) atoms. The molecule has 0 amide bonds. The second-order valence-electron chi connectivity index (χ2n) is 9.54. The molecule has 0 aliphatic carbocycles. The molecule has 0 unspecified atom stereocenters. The molecule has 3 aromatic rings. The Bertz CT molecular complexity index is 1250. The van der Waals surface area contributed by atoms with Crippen molar-refractivity contribution in [3.05, 3.63) is 77.6 Å². The van der Waals surface area contributed by atoms with E-state index in [0.29, 0.717) is 36.9 Å². The van der Waals surface area contributed by atoms with Gasteiger partial charge in [0, 0.05) is 16.2 Å². The second-order valence-corrected chi connectivity index (χ2v) is 12.6. The predicted octanol–water partition coefficient (Wildman–Crippen LogP) is 6.84. The fourth-order valence-electron chi connectivity index (χ4n) is 3.24. The van der Waals surface area contributed by atoms with Crippen molar-refractivity contribution in [2.75, 3.05) is 27.1 Å². The molecule has 0 saturated carbocycles. The van der Waals surface area contributed by atoms with Crippen molar-refractivity contribution in [1.82, 2.24) is 0 Å². The van der Waals surface area contributed by atoms with Gasteiger partial charge in [0.05, 0.1) is 33.7 Å². The third kappa shape index (κ3) is 11.4. The zero-order valence-corrected chi connectivity index (χ0v) is 23.6. The number of hydrogen-bond acceptors (Lipinski definition) is 6. The van der Waals surface area contributed by atoms with Crippen LogP contribution in [0, 0.1) is 11.2 Å². The minimum atomic E-state index is -3.19. The van der Waals surface area contributed by atoms with Gasteiger partial charge >= 0.3 is 0 Å². The summed E-state index contributed by atoms with van der Waals surface area (Å²) in [5.41, 5.74) is 3.14. The molecule has 6 nitrogen and oxygen atoms in total. The Kier molecular flexibility index (Phi) is 11.2. The smallest absolute Gasteiger partial charge is 0.229 e. The van der Waals surface area contributed by atoms with Crippen LogP contribution < -0.4 is 14.2 Å². The van der Waals surface area contributed by atoms with Gasteiger partial charge in [0.25, 0.3) is 0 Å². The summed E-state index contributed by atoms with van der Waals surface area (Å²) in [6, 6.07) is 18.1. The van der Waals surface area contributed by atoms with Crippen LogP contribution in [0.15, 0.2) is 60.7 Å². The van der Waals surface area contributed by atoms with Crippen molar-refractivity contribution < 1.29 is 31.8 Å². The summed E-state index contributed by atoms with van der Waals surface area (Å²) in [4.78, 5) is 0.